The molecule has 0 unspecified atom stereocenters. The summed E-state index contributed by atoms with van der Waals surface area (Å²) < 4.78 is 26.7. The van der Waals surface area contributed by atoms with Crippen molar-refractivity contribution in [1.29, 1.82) is 0 Å². The van der Waals surface area contributed by atoms with Crippen molar-refractivity contribution >= 4 is 27.3 Å². The fraction of sp³-hybridized carbons (Fsp3) is 0.143. The Bertz CT molecular complexity index is 779. The molecule has 2 aromatic carbocycles. The third-order valence-corrected chi connectivity index (χ3v) is 4.75. The van der Waals surface area contributed by atoms with Gasteiger partial charge in [0.15, 0.2) is 0 Å². The number of nitrogens with zero attached hydrogens (tertiary/aromatic N) is 1. The summed E-state index contributed by atoms with van der Waals surface area (Å²) in [5, 5.41) is 10.7. The SMILES string of the molecule is O=[N+]([O-])c1cc(S(=O)(=O)NCCc2ccccc2)ccc1Cl. The zero-order valence-corrected chi connectivity index (χ0v) is 13.0. The van der Waals surface area contributed by atoms with Crippen LogP contribution in [0.15, 0.2) is 53.4 Å². The number of nitro benzene ring substituents is 1. The quantitative estimate of drug-likeness (QED) is 0.646. The molecule has 8 heteroatoms. The fourth-order valence-electron chi connectivity index (χ4n) is 1.86. The third-order valence-electron chi connectivity index (χ3n) is 2.97. The van der Waals surface area contributed by atoms with E-state index in [1.807, 2.05) is 30.3 Å². The van der Waals surface area contributed by atoms with Crippen molar-refractivity contribution in [2.75, 3.05) is 6.54 Å². The Balaban J connectivity index is 2.10. The highest BCUT2D eigenvalue weighted by molar-refractivity contribution is 7.89. The Morgan fingerprint density at radius 2 is 1.82 bits per heavy atom. The van der Waals surface area contributed by atoms with Crippen molar-refractivity contribution in [3.63, 3.8) is 0 Å². The molecule has 0 aliphatic heterocycles. The van der Waals surface area contributed by atoms with Crippen LogP contribution in [0.2, 0.25) is 5.02 Å². The number of sulfonamides is 1. The van der Waals surface area contributed by atoms with E-state index in [4.69, 9.17) is 11.6 Å². The molecule has 0 bridgehead atoms. The molecule has 6 nitrogen and oxygen atoms in total. The Labute approximate surface area is 132 Å². The topological polar surface area (TPSA) is 89.3 Å². The average molecular weight is 341 g/mol. The molecule has 0 aromatic heterocycles. The van der Waals surface area contributed by atoms with Crippen LogP contribution in [0.1, 0.15) is 5.56 Å². The summed E-state index contributed by atoms with van der Waals surface area (Å²) in [5.74, 6) is 0. The van der Waals surface area contributed by atoms with Gasteiger partial charge in [0.2, 0.25) is 10.0 Å². The number of nitrogens with one attached hydrogen (secondary N) is 1. The monoisotopic (exact) mass is 340 g/mol. The van der Waals surface area contributed by atoms with Crippen LogP contribution >= 0.6 is 11.6 Å². The minimum atomic E-state index is -3.82. The molecule has 0 radical (unpaired) electrons. The van der Waals surface area contributed by atoms with E-state index in [1.54, 1.807) is 0 Å². The Hall–Kier alpha value is -1.96. The molecule has 0 atom stereocenters. The number of benzene rings is 2. The van der Waals surface area contributed by atoms with Gasteiger partial charge in [-0.3, -0.25) is 10.1 Å². The lowest BCUT2D eigenvalue weighted by atomic mass is 10.2. The predicted octanol–water partition coefficient (Wildman–Crippen LogP) is 2.77. The summed E-state index contributed by atoms with van der Waals surface area (Å²) in [6.45, 7) is 0.197. The zero-order chi connectivity index (χ0) is 16.2. The van der Waals surface area contributed by atoms with Gasteiger partial charge in [0, 0.05) is 12.6 Å². The molecular formula is C14H13ClN2O4S. The van der Waals surface area contributed by atoms with Crippen molar-refractivity contribution in [3.8, 4) is 0 Å². The van der Waals surface area contributed by atoms with E-state index in [0.29, 0.717) is 6.42 Å². The summed E-state index contributed by atoms with van der Waals surface area (Å²) in [6.07, 6.45) is 0.524. The van der Waals surface area contributed by atoms with Crippen LogP contribution in [-0.2, 0) is 16.4 Å². The number of hydrogen-bond donors (Lipinski definition) is 1. The smallest absolute Gasteiger partial charge is 0.258 e. The normalized spacial score (nSPS) is 11.3. The number of halogens is 1. The van der Waals surface area contributed by atoms with E-state index < -0.39 is 20.6 Å². The summed E-state index contributed by atoms with van der Waals surface area (Å²) in [7, 11) is -3.82. The van der Waals surface area contributed by atoms with Crippen molar-refractivity contribution < 1.29 is 13.3 Å². The molecule has 22 heavy (non-hydrogen) atoms. The van der Waals surface area contributed by atoms with Gasteiger partial charge < -0.3 is 0 Å². The van der Waals surface area contributed by atoms with Gasteiger partial charge >= 0.3 is 0 Å². The highest BCUT2D eigenvalue weighted by Crippen LogP contribution is 2.26. The van der Waals surface area contributed by atoms with Gasteiger partial charge in [-0.15, -0.1) is 0 Å². The molecule has 0 saturated carbocycles. The van der Waals surface area contributed by atoms with Crippen molar-refractivity contribution in [3.05, 3.63) is 69.2 Å². The van der Waals surface area contributed by atoms with E-state index in [-0.39, 0.29) is 16.5 Å². The molecule has 0 spiro atoms. The first kappa shape index (κ1) is 16.4. The first-order valence-corrected chi connectivity index (χ1v) is 8.24. The molecule has 0 aliphatic carbocycles. The lowest BCUT2D eigenvalue weighted by Crippen LogP contribution is -2.26. The largest absolute Gasteiger partial charge is 0.289 e. The summed E-state index contributed by atoms with van der Waals surface area (Å²) in [5.41, 5.74) is 0.555. The molecule has 0 heterocycles. The van der Waals surface area contributed by atoms with Crippen LogP contribution in [-0.4, -0.2) is 19.9 Å². The van der Waals surface area contributed by atoms with Crippen molar-refractivity contribution in [1.82, 2.24) is 4.72 Å². The molecule has 0 fully saturated rings. The molecule has 116 valence electrons. The van der Waals surface area contributed by atoms with Gasteiger partial charge in [0.25, 0.3) is 5.69 Å². The second-order valence-electron chi connectivity index (χ2n) is 4.50. The minimum absolute atomic E-state index is 0.103. The second-order valence-corrected chi connectivity index (χ2v) is 6.68. The van der Waals surface area contributed by atoms with Crippen LogP contribution < -0.4 is 4.72 Å². The number of nitro groups is 1. The van der Waals surface area contributed by atoms with Crippen LogP contribution in [0.3, 0.4) is 0 Å². The Morgan fingerprint density at radius 1 is 1.14 bits per heavy atom. The molecule has 0 amide bonds. The van der Waals surface area contributed by atoms with E-state index in [0.717, 1.165) is 11.6 Å². The first-order valence-electron chi connectivity index (χ1n) is 6.38. The van der Waals surface area contributed by atoms with Gasteiger partial charge in [-0.1, -0.05) is 41.9 Å². The minimum Gasteiger partial charge on any atom is -0.258 e. The van der Waals surface area contributed by atoms with Crippen molar-refractivity contribution in [2.24, 2.45) is 0 Å². The highest BCUT2D eigenvalue weighted by Gasteiger charge is 2.20. The molecule has 1 N–H and O–H groups in total. The maximum atomic E-state index is 12.1. The lowest BCUT2D eigenvalue weighted by molar-refractivity contribution is -0.384. The highest BCUT2D eigenvalue weighted by atomic mass is 35.5. The third kappa shape index (κ3) is 4.03. The van der Waals surface area contributed by atoms with E-state index in [2.05, 4.69) is 4.72 Å². The van der Waals surface area contributed by atoms with Gasteiger partial charge in [-0.2, -0.15) is 0 Å². The molecule has 0 saturated heterocycles. The number of rotatable bonds is 6. The molecule has 0 aliphatic rings. The summed E-state index contributed by atoms with van der Waals surface area (Å²) >= 11 is 5.67. The molecule has 2 aromatic rings. The van der Waals surface area contributed by atoms with Crippen molar-refractivity contribution in [2.45, 2.75) is 11.3 Å². The van der Waals surface area contributed by atoms with Crippen LogP contribution in [0.5, 0.6) is 0 Å². The van der Waals surface area contributed by atoms with E-state index in [9.17, 15) is 18.5 Å². The van der Waals surface area contributed by atoms with Crippen LogP contribution in [0.25, 0.3) is 0 Å². The van der Waals surface area contributed by atoms with E-state index in [1.165, 1.54) is 12.1 Å². The Morgan fingerprint density at radius 3 is 2.45 bits per heavy atom. The van der Waals surface area contributed by atoms with Crippen LogP contribution in [0.4, 0.5) is 5.69 Å². The molecule has 2 rings (SSSR count). The van der Waals surface area contributed by atoms with Gasteiger partial charge in [-0.25, -0.2) is 13.1 Å². The van der Waals surface area contributed by atoms with Gasteiger partial charge in [0.05, 0.1) is 9.82 Å². The van der Waals surface area contributed by atoms with Crippen LogP contribution in [0, 0.1) is 10.1 Å². The summed E-state index contributed by atoms with van der Waals surface area (Å²) in [4.78, 5) is 9.91. The van der Waals surface area contributed by atoms with E-state index >= 15 is 0 Å². The number of hydrogen-bond acceptors (Lipinski definition) is 4. The second kappa shape index (κ2) is 6.87. The summed E-state index contributed by atoms with van der Waals surface area (Å²) in [6, 6.07) is 12.8. The maximum absolute atomic E-state index is 12.1. The standard InChI is InChI=1S/C14H13ClN2O4S/c15-13-7-6-12(10-14(13)17(18)19)22(20,21)16-9-8-11-4-2-1-3-5-11/h1-7,10,16H,8-9H2. The molecular weight excluding hydrogens is 328 g/mol. The van der Waals surface area contributed by atoms with Gasteiger partial charge in [-0.05, 0) is 24.1 Å². The Kier molecular flexibility index (Phi) is 5.12. The predicted molar refractivity (Wildman–Crippen MR) is 83.4 cm³/mol. The fourth-order valence-corrected chi connectivity index (χ4v) is 3.10. The van der Waals surface area contributed by atoms with Gasteiger partial charge in [0.1, 0.15) is 5.02 Å². The zero-order valence-electron chi connectivity index (χ0n) is 11.4. The average Bonchev–Trinajstić information content (AvgIpc) is 2.48. The maximum Gasteiger partial charge on any atom is 0.289 e. The first-order chi connectivity index (χ1) is 10.4. The lowest BCUT2D eigenvalue weighted by Gasteiger charge is -2.07.